The van der Waals surface area contributed by atoms with Crippen molar-refractivity contribution in [1.82, 2.24) is 4.31 Å². The van der Waals surface area contributed by atoms with Gasteiger partial charge in [0.2, 0.25) is 10.0 Å². The van der Waals surface area contributed by atoms with Gasteiger partial charge in [-0.1, -0.05) is 13.8 Å². The summed E-state index contributed by atoms with van der Waals surface area (Å²) in [4.78, 5) is 0.156. The van der Waals surface area contributed by atoms with E-state index in [1.54, 1.807) is 13.8 Å². The molecular formula is C15H23FN2O2S. The first-order valence-corrected chi connectivity index (χ1v) is 8.65. The molecule has 1 heterocycles. The number of rotatable bonds is 2. The number of nitrogens with zero attached hydrogens (tertiary/aromatic N) is 1. The summed E-state index contributed by atoms with van der Waals surface area (Å²) in [6, 6.07) is 1.20. The number of piperidine rings is 1. The highest BCUT2D eigenvalue weighted by atomic mass is 32.2. The molecule has 0 saturated carbocycles. The minimum atomic E-state index is -3.63. The van der Waals surface area contributed by atoms with Crippen LogP contribution in [-0.4, -0.2) is 25.8 Å². The Hall–Kier alpha value is -1.14. The van der Waals surface area contributed by atoms with Gasteiger partial charge in [0.1, 0.15) is 5.82 Å². The summed E-state index contributed by atoms with van der Waals surface area (Å²) in [5.41, 5.74) is 6.30. The first kappa shape index (κ1) is 16.2. The lowest BCUT2D eigenvalue weighted by Crippen LogP contribution is -2.42. The predicted octanol–water partition coefficient (Wildman–Crippen LogP) is 2.69. The zero-order valence-corrected chi connectivity index (χ0v) is 13.8. The van der Waals surface area contributed by atoms with Gasteiger partial charge in [-0.25, -0.2) is 12.8 Å². The van der Waals surface area contributed by atoms with Crippen molar-refractivity contribution >= 4 is 15.7 Å². The molecule has 0 aliphatic carbocycles. The van der Waals surface area contributed by atoms with Crippen molar-refractivity contribution in [2.75, 3.05) is 18.8 Å². The van der Waals surface area contributed by atoms with Gasteiger partial charge in [-0.15, -0.1) is 0 Å². The summed E-state index contributed by atoms with van der Waals surface area (Å²) < 4.78 is 40.9. The lowest BCUT2D eigenvalue weighted by molar-refractivity contribution is 0.212. The quantitative estimate of drug-likeness (QED) is 0.854. The Balaban J connectivity index is 2.48. The summed E-state index contributed by atoms with van der Waals surface area (Å²) in [5.74, 6) is 0.258. The molecule has 2 unspecified atom stereocenters. The lowest BCUT2D eigenvalue weighted by Gasteiger charge is -2.35. The van der Waals surface area contributed by atoms with Crippen molar-refractivity contribution in [3.8, 4) is 0 Å². The number of benzene rings is 1. The molecule has 1 aliphatic heterocycles. The van der Waals surface area contributed by atoms with E-state index < -0.39 is 15.8 Å². The molecule has 0 radical (unpaired) electrons. The summed E-state index contributed by atoms with van der Waals surface area (Å²) in [5, 5.41) is 0. The molecule has 1 aromatic carbocycles. The summed E-state index contributed by atoms with van der Waals surface area (Å²) in [6.07, 6.45) is 0.842. The number of nitrogen functional groups attached to an aromatic ring is 1. The molecule has 6 heteroatoms. The summed E-state index contributed by atoms with van der Waals surface area (Å²) in [7, 11) is -3.63. The van der Waals surface area contributed by atoms with Crippen LogP contribution in [0.15, 0.2) is 11.0 Å². The highest BCUT2D eigenvalue weighted by Gasteiger charge is 2.34. The molecule has 4 nitrogen and oxygen atoms in total. The van der Waals surface area contributed by atoms with Crippen molar-refractivity contribution in [3.63, 3.8) is 0 Å². The van der Waals surface area contributed by atoms with Crippen LogP contribution in [-0.2, 0) is 10.0 Å². The maximum Gasteiger partial charge on any atom is 0.243 e. The van der Waals surface area contributed by atoms with Gasteiger partial charge in [0, 0.05) is 13.1 Å². The smallest absolute Gasteiger partial charge is 0.243 e. The second kappa shape index (κ2) is 5.57. The fourth-order valence-electron chi connectivity index (χ4n) is 2.90. The Labute approximate surface area is 126 Å². The van der Waals surface area contributed by atoms with Gasteiger partial charge in [-0.2, -0.15) is 4.31 Å². The molecule has 1 aliphatic rings. The zero-order chi connectivity index (χ0) is 15.9. The highest BCUT2D eigenvalue weighted by Crippen LogP contribution is 2.33. The minimum Gasteiger partial charge on any atom is -0.396 e. The Bertz CT molecular complexity index is 658. The van der Waals surface area contributed by atoms with E-state index in [9.17, 15) is 12.8 Å². The average Bonchev–Trinajstić information content (AvgIpc) is 2.39. The molecule has 2 N–H and O–H groups in total. The third-order valence-corrected chi connectivity index (χ3v) is 6.75. The number of halogens is 1. The highest BCUT2D eigenvalue weighted by molar-refractivity contribution is 7.89. The molecule has 0 aromatic heterocycles. The first-order valence-electron chi connectivity index (χ1n) is 7.21. The Morgan fingerprint density at radius 1 is 1.29 bits per heavy atom. The number of anilines is 1. The molecule has 21 heavy (non-hydrogen) atoms. The second-order valence-electron chi connectivity index (χ2n) is 6.15. The third-order valence-electron chi connectivity index (χ3n) is 4.60. The van der Waals surface area contributed by atoms with Crippen LogP contribution in [0.4, 0.5) is 10.1 Å². The molecule has 1 saturated heterocycles. The second-order valence-corrected chi connectivity index (χ2v) is 8.02. The van der Waals surface area contributed by atoms with Gasteiger partial charge < -0.3 is 5.73 Å². The van der Waals surface area contributed by atoms with E-state index in [0.29, 0.717) is 36.1 Å². The number of hydrogen-bond donors (Lipinski definition) is 1. The Kier molecular flexibility index (Phi) is 4.31. The van der Waals surface area contributed by atoms with E-state index in [4.69, 9.17) is 5.73 Å². The van der Waals surface area contributed by atoms with Gasteiger partial charge in [0.25, 0.3) is 0 Å². The summed E-state index contributed by atoms with van der Waals surface area (Å²) in [6.45, 7) is 8.38. The van der Waals surface area contributed by atoms with E-state index in [-0.39, 0.29) is 10.6 Å². The van der Waals surface area contributed by atoms with Crippen molar-refractivity contribution in [2.24, 2.45) is 11.8 Å². The molecule has 1 aromatic rings. The molecule has 0 bridgehead atoms. The SMILES string of the molecule is Cc1cc(F)c(N)c(C)c1S(=O)(=O)N1CCC(C)C(C)C1. The van der Waals surface area contributed by atoms with E-state index in [1.165, 1.54) is 10.4 Å². The van der Waals surface area contributed by atoms with Crippen LogP contribution < -0.4 is 5.73 Å². The van der Waals surface area contributed by atoms with Gasteiger partial charge >= 0.3 is 0 Å². The first-order chi connectivity index (χ1) is 9.66. The molecule has 2 rings (SSSR count). The van der Waals surface area contributed by atoms with Crippen LogP contribution in [0.25, 0.3) is 0 Å². The number of aryl methyl sites for hydroxylation is 1. The molecule has 0 spiro atoms. The predicted molar refractivity (Wildman–Crippen MR) is 82.0 cm³/mol. The van der Waals surface area contributed by atoms with Crippen molar-refractivity contribution in [1.29, 1.82) is 0 Å². The van der Waals surface area contributed by atoms with Gasteiger partial charge in [0.05, 0.1) is 10.6 Å². The monoisotopic (exact) mass is 314 g/mol. The molecular weight excluding hydrogens is 291 g/mol. The Morgan fingerprint density at radius 2 is 1.90 bits per heavy atom. The van der Waals surface area contributed by atoms with Crippen LogP contribution in [0.1, 0.15) is 31.4 Å². The van der Waals surface area contributed by atoms with Crippen LogP contribution >= 0.6 is 0 Å². The third kappa shape index (κ3) is 2.79. The maximum absolute atomic E-state index is 13.6. The van der Waals surface area contributed by atoms with Crippen molar-refractivity contribution < 1.29 is 12.8 Å². The van der Waals surface area contributed by atoms with Gasteiger partial charge in [-0.3, -0.25) is 0 Å². The van der Waals surface area contributed by atoms with Gasteiger partial charge in [0.15, 0.2) is 0 Å². The average molecular weight is 314 g/mol. The zero-order valence-electron chi connectivity index (χ0n) is 13.0. The van der Waals surface area contributed by atoms with Crippen LogP contribution in [0.2, 0.25) is 0 Å². The fourth-order valence-corrected chi connectivity index (χ4v) is 4.90. The van der Waals surface area contributed by atoms with Crippen LogP contribution in [0.3, 0.4) is 0 Å². The molecule has 2 atom stereocenters. The van der Waals surface area contributed by atoms with Crippen molar-refractivity contribution in [2.45, 2.75) is 39.0 Å². The van der Waals surface area contributed by atoms with E-state index in [2.05, 4.69) is 13.8 Å². The fraction of sp³-hybridized carbons (Fsp3) is 0.600. The topological polar surface area (TPSA) is 63.4 Å². The summed E-state index contributed by atoms with van der Waals surface area (Å²) >= 11 is 0. The number of hydrogen-bond acceptors (Lipinski definition) is 3. The maximum atomic E-state index is 13.6. The van der Waals surface area contributed by atoms with Crippen molar-refractivity contribution in [3.05, 3.63) is 23.0 Å². The lowest BCUT2D eigenvalue weighted by atomic mass is 9.90. The van der Waals surface area contributed by atoms with E-state index in [0.717, 1.165) is 6.42 Å². The van der Waals surface area contributed by atoms with E-state index >= 15 is 0 Å². The number of nitrogens with two attached hydrogens (primary N) is 1. The number of sulfonamides is 1. The normalized spacial score (nSPS) is 24.2. The van der Waals surface area contributed by atoms with Crippen LogP contribution in [0, 0.1) is 31.5 Å². The Morgan fingerprint density at radius 3 is 2.48 bits per heavy atom. The molecule has 0 amide bonds. The molecule has 118 valence electrons. The van der Waals surface area contributed by atoms with E-state index in [1.807, 2.05) is 0 Å². The minimum absolute atomic E-state index is 0.0856. The largest absolute Gasteiger partial charge is 0.396 e. The molecule has 1 fully saturated rings. The standard InChI is InChI=1S/C15H23FN2O2S/c1-9-5-6-18(8-11(9)3)21(19,20)15-10(2)7-13(16)14(17)12(15)4/h7,9,11H,5-6,8,17H2,1-4H3. The van der Waals surface area contributed by atoms with Crippen LogP contribution in [0.5, 0.6) is 0 Å². The van der Waals surface area contributed by atoms with Gasteiger partial charge in [-0.05, 0) is 49.3 Å².